The lowest BCUT2D eigenvalue weighted by Gasteiger charge is -2.22. The summed E-state index contributed by atoms with van der Waals surface area (Å²) in [6, 6.07) is 5.32. The first kappa shape index (κ1) is 12.4. The summed E-state index contributed by atoms with van der Waals surface area (Å²) in [6.07, 6.45) is -1.77. The molecule has 0 saturated heterocycles. The number of halogens is 3. The summed E-state index contributed by atoms with van der Waals surface area (Å²) in [7, 11) is 0. The van der Waals surface area contributed by atoms with Gasteiger partial charge in [0.05, 0.1) is 11.7 Å². The van der Waals surface area contributed by atoms with Crippen LogP contribution in [-0.2, 0) is 6.18 Å². The summed E-state index contributed by atoms with van der Waals surface area (Å²) in [5.41, 5.74) is -0.689. The minimum atomic E-state index is -4.39. The molecule has 0 heterocycles. The van der Waals surface area contributed by atoms with E-state index in [1.165, 1.54) is 12.1 Å². The highest BCUT2D eigenvalue weighted by atomic mass is 19.4. The van der Waals surface area contributed by atoms with Gasteiger partial charge in [-0.1, -0.05) is 31.0 Å². The highest BCUT2D eigenvalue weighted by Gasteiger charge is 2.36. The van der Waals surface area contributed by atoms with Crippen molar-refractivity contribution < 1.29 is 18.3 Å². The summed E-state index contributed by atoms with van der Waals surface area (Å²) < 4.78 is 38.4. The van der Waals surface area contributed by atoms with Gasteiger partial charge in [0.2, 0.25) is 0 Å². The number of aliphatic hydroxyl groups is 1. The van der Waals surface area contributed by atoms with Crippen LogP contribution < -0.4 is 0 Å². The maximum Gasteiger partial charge on any atom is 0.416 e. The Balaban J connectivity index is 2.31. The lowest BCUT2D eigenvalue weighted by atomic mass is 9.91. The number of hydrogen-bond acceptors (Lipinski definition) is 1. The van der Waals surface area contributed by atoms with Crippen molar-refractivity contribution >= 4 is 0 Å². The quantitative estimate of drug-likeness (QED) is 0.835. The van der Waals surface area contributed by atoms with Gasteiger partial charge in [0.1, 0.15) is 0 Å². The van der Waals surface area contributed by atoms with E-state index >= 15 is 0 Å². The van der Waals surface area contributed by atoms with Crippen molar-refractivity contribution in [2.24, 2.45) is 5.92 Å². The normalized spacial score (nSPS) is 19.5. The van der Waals surface area contributed by atoms with Crippen molar-refractivity contribution in [2.75, 3.05) is 0 Å². The predicted molar refractivity (Wildman–Crippen MR) is 58.4 cm³/mol. The average molecular weight is 244 g/mol. The average Bonchev–Trinajstić information content (AvgIpc) is 2.80. The Bertz CT molecular complexity index is 380. The monoisotopic (exact) mass is 244 g/mol. The number of benzene rings is 1. The highest BCUT2D eigenvalue weighted by Crippen LogP contribution is 2.40. The first-order chi connectivity index (χ1) is 8.00. The van der Waals surface area contributed by atoms with Crippen molar-refractivity contribution in [1.29, 1.82) is 0 Å². The van der Waals surface area contributed by atoms with Gasteiger partial charge in [0.25, 0.3) is 0 Å². The zero-order chi connectivity index (χ0) is 12.5. The van der Waals surface area contributed by atoms with E-state index in [1.807, 2.05) is 0 Å². The molecule has 1 aromatic rings. The Morgan fingerprint density at radius 2 is 1.71 bits per heavy atom. The van der Waals surface area contributed by atoms with Crippen molar-refractivity contribution in [3.63, 3.8) is 0 Å². The van der Waals surface area contributed by atoms with Crippen LogP contribution in [0.4, 0.5) is 13.2 Å². The molecule has 1 aromatic carbocycles. The lowest BCUT2D eigenvalue weighted by molar-refractivity contribution is -0.139. The second-order valence-corrected chi connectivity index (χ2v) is 4.57. The molecule has 1 atom stereocenters. The molecule has 1 aliphatic rings. The zero-order valence-electron chi connectivity index (χ0n) is 9.37. The van der Waals surface area contributed by atoms with Crippen LogP contribution in [0.2, 0.25) is 0 Å². The van der Waals surface area contributed by atoms with Gasteiger partial charge >= 0.3 is 6.18 Å². The highest BCUT2D eigenvalue weighted by molar-refractivity contribution is 5.32. The zero-order valence-corrected chi connectivity index (χ0v) is 9.37. The van der Waals surface area contributed by atoms with Crippen molar-refractivity contribution in [1.82, 2.24) is 0 Å². The van der Waals surface area contributed by atoms with Gasteiger partial charge in [-0.15, -0.1) is 0 Å². The minimum Gasteiger partial charge on any atom is -0.388 e. The van der Waals surface area contributed by atoms with E-state index in [2.05, 4.69) is 0 Å². The summed E-state index contributed by atoms with van der Waals surface area (Å²) in [4.78, 5) is 0. The fraction of sp³-hybridized carbons (Fsp3) is 0.538. The number of hydrogen-bond donors (Lipinski definition) is 1. The fourth-order valence-electron chi connectivity index (χ4n) is 2.54. The van der Waals surface area contributed by atoms with Crippen molar-refractivity contribution in [3.8, 4) is 0 Å². The molecule has 0 radical (unpaired) electrons. The first-order valence-corrected chi connectivity index (χ1v) is 5.84. The van der Waals surface area contributed by atoms with Crippen molar-refractivity contribution in [2.45, 2.75) is 38.0 Å². The summed E-state index contributed by atoms with van der Waals surface area (Å²) in [5.74, 6) is -0.0292. The van der Waals surface area contributed by atoms with Gasteiger partial charge in [-0.3, -0.25) is 0 Å². The Kier molecular flexibility index (Phi) is 3.43. The third kappa shape index (κ3) is 2.63. The first-order valence-electron chi connectivity index (χ1n) is 5.84. The molecule has 1 saturated carbocycles. The van der Waals surface area contributed by atoms with E-state index in [-0.39, 0.29) is 11.5 Å². The molecule has 1 fully saturated rings. The third-order valence-electron chi connectivity index (χ3n) is 3.43. The fourth-order valence-corrected chi connectivity index (χ4v) is 2.54. The molecule has 2 rings (SSSR count). The molecule has 17 heavy (non-hydrogen) atoms. The van der Waals surface area contributed by atoms with E-state index in [0.29, 0.717) is 0 Å². The summed E-state index contributed by atoms with van der Waals surface area (Å²) in [6.45, 7) is 0. The smallest absolute Gasteiger partial charge is 0.388 e. The van der Waals surface area contributed by atoms with Gasteiger partial charge < -0.3 is 5.11 Å². The Labute approximate surface area is 98.3 Å². The summed E-state index contributed by atoms with van der Waals surface area (Å²) in [5, 5.41) is 10.1. The van der Waals surface area contributed by atoms with Crippen LogP contribution in [0.15, 0.2) is 24.3 Å². The SMILES string of the molecule is OC(c1ccccc1C(F)(F)F)C1CCCC1. The van der Waals surface area contributed by atoms with Gasteiger partial charge in [-0.2, -0.15) is 13.2 Å². The molecule has 1 nitrogen and oxygen atoms in total. The van der Waals surface area contributed by atoms with Crippen LogP contribution in [0.3, 0.4) is 0 Å². The molecule has 0 aliphatic heterocycles. The second-order valence-electron chi connectivity index (χ2n) is 4.57. The van der Waals surface area contributed by atoms with Crippen LogP contribution >= 0.6 is 0 Å². The van der Waals surface area contributed by atoms with Crippen LogP contribution in [-0.4, -0.2) is 5.11 Å². The second kappa shape index (κ2) is 4.69. The van der Waals surface area contributed by atoms with Crippen LogP contribution in [0.5, 0.6) is 0 Å². The predicted octanol–water partition coefficient (Wildman–Crippen LogP) is 3.93. The largest absolute Gasteiger partial charge is 0.416 e. The molecule has 94 valence electrons. The molecule has 1 aliphatic carbocycles. The van der Waals surface area contributed by atoms with Gasteiger partial charge in [0.15, 0.2) is 0 Å². The number of rotatable bonds is 2. The maximum absolute atomic E-state index is 12.8. The van der Waals surface area contributed by atoms with E-state index in [9.17, 15) is 18.3 Å². The number of alkyl halides is 3. The molecular formula is C13H15F3O. The molecule has 4 heteroatoms. The van der Waals surface area contributed by atoms with Gasteiger partial charge in [-0.25, -0.2) is 0 Å². The van der Waals surface area contributed by atoms with Crippen LogP contribution in [0, 0.1) is 5.92 Å². The van der Waals surface area contributed by atoms with E-state index in [0.717, 1.165) is 31.7 Å². The van der Waals surface area contributed by atoms with Crippen molar-refractivity contribution in [3.05, 3.63) is 35.4 Å². The molecule has 0 amide bonds. The van der Waals surface area contributed by atoms with Crippen LogP contribution in [0.25, 0.3) is 0 Å². The van der Waals surface area contributed by atoms with E-state index < -0.39 is 17.8 Å². The molecule has 1 unspecified atom stereocenters. The minimum absolute atomic E-state index is 0.0203. The molecule has 1 N–H and O–H groups in total. The maximum atomic E-state index is 12.8. The van der Waals surface area contributed by atoms with E-state index in [1.54, 1.807) is 6.07 Å². The molecule has 0 spiro atoms. The Hall–Kier alpha value is -1.03. The van der Waals surface area contributed by atoms with E-state index in [4.69, 9.17) is 0 Å². The lowest BCUT2D eigenvalue weighted by Crippen LogP contribution is -2.16. The molecule has 0 aromatic heterocycles. The van der Waals surface area contributed by atoms with Crippen LogP contribution in [0.1, 0.15) is 42.9 Å². The molecular weight excluding hydrogens is 229 g/mol. The molecule has 0 bridgehead atoms. The van der Waals surface area contributed by atoms with Gasteiger partial charge in [0, 0.05) is 0 Å². The van der Waals surface area contributed by atoms with Gasteiger partial charge in [-0.05, 0) is 30.4 Å². The third-order valence-corrected chi connectivity index (χ3v) is 3.43. The Morgan fingerprint density at radius 1 is 1.12 bits per heavy atom. The standard InChI is InChI=1S/C13H15F3O/c14-13(15,16)11-8-4-3-7-10(11)12(17)9-5-1-2-6-9/h3-4,7-9,12,17H,1-2,5-6H2. The summed E-state index contributed by atoms with van der Waals surface area (Å²) >= 11 is 0. The topological polar surface area (TPSA) is 20.2 Å². The number of aliphatic hydroxyl groups excluding tert-OH is 1. The Morgan fingerprint density at radius 3 is 2.29 bits per heavy atom.